The Bertz CT molecular complexity index is 159. The van der Waals surface area contributed by atoms with Crippen LogP contribution in [-0.2, 0) is 4.74 Å². The lowest BCUT2D eigenvalue weighted by atomic mass is 9.96. The van der Waals surface area contributed by atoms with Crippen LogP contribution in [-0.4, -0.2) is 29.6 Å². The molecule has 0 spiro atoms. The van der Waals surface area contributed by atoms with Crippen molar-refractivity contribution >= 4 is 0 Å². The summed E-state index contributed by atoms with van der Waals surface area (Å²) >= 11 is 0. The molecule has 2 atom stereocenters. The van der Waals surface area contributed by atoms with Crippen molar-refractivity contribution in [2.45, 2.75) is 37.6 Å². The van der Waals surface area contributed by atoms with Gasteiger partial charge >= 0.3 is 6.18 Å². The highest BCUT2D eigenvalue weighted by Crippen LogP contribution is 2.37. The quantitative estimate of drug-likeness (QED) is 0.668. The fraction of sp³-hybridized carbons (Fsp3) is 1.00. The predicted octanol–water partition coefficient (Wildman–Crippen LogP) is 1.48. The molecule has 0 aromatic carbocycles. The number of aliphatic hydroxyl groups is 1. The molecule has 0 aromatic heterocycles. The zero-order valence-electron chi connectivity index (χ0n) is 6.69. The normalized spacial score (nSPS) is 30.2. The van der Waals surface area contributed by atoms with Crippen LogP contribution in [0.15, 0.2) is 0 Å². The van der Waals surface area contributed by atoms with E-state index in [2.05, 4.69) is 0 Å². The molecule has 1 aliphatic rings. The third-order valence-electron chi connectivity index (χ3n) is 2.13. The molecule has 0 saturated carbocycles. The van der Waals surface area contributed by atoms with Crippen LogP contribution < -0.4 is 0 Å². The van der Waals surface area contributed by atoms with Crippen LogP contribution in [0.3, 0.4) is 0 Å². The fourth-order valence-electron chi connectivity index (χ4n) is 1.20. The Kier molecular flexibility index (Phi) is 2.35. The molecule has 0 aliphatic carbocycles. The number of ether oxygens (including phenoxy) is 1. The molecule has 1 saturated heterocycles. The van der Waals surface area contributed by atoms with Gasteiger partial charge in [0, 0.05) is 6.61 Å². The monoisotopic (exact) mass is 184 g/mol. The standard InChI is InChI=1S/C7H11F3O2/c1-6(11,7(8,9)10)5-3-2-4-12-5/h5,11H,2-4H2,1H3. The highest BCUT2D eigenvalue weighted by molar-refractivity contribution is 4.91. The molecular formula is C7H11F3O2. The molecule has 0 radical (unpaired) electrons. The first-order valence-corrected chi connectivity index (χ1v) is 3.76. The molecule has 0 bridgehead atoms. The van der Waals surface area contributed by atoms with E-state index in [1.54, 1.807) is 0 Å². The van der Waals surface area contributed by atoms with Crippen LogP contribution in [0.5, 0.6) is 0 Å². The van der Waals surface area contributed by atoms with Crippen LogP contribution >= 0.6 is 0 Å². The maximum atomic E-state index is 12.2. The summed E-state index contributed by atoms with van der Waals surface area (Å²) in [5, 5.41) is 9.10. The summed E-state index contributed by atoms with van der Waals surface area (Å²) < 4.78 is 41.2. The lowest BCUT2D eigenvalue weighted by Gasteiger charge is -2.31. The summed E-state index contributed by atoms with van der Waals surface area (Å²) in [6, 6.07) is 0. The largest absolute Gasteiger partial charge is 0.419 e. The van der Waals surface area contributed by atoms with Gasteiger partial charge in [-0.25, -0.2) is 0 Å². The smallest absolute Gasteiger partial charge is 0.379 e. The van der Waals surface area contributed by atoms with Crippen LogP contribution in [0.1, 0.15) is 19.8 Å². The Hall–Kier alpha value is -0.290. The van der Waals surface area contributed by atoms with Gasteiger partial charge in [-0.1, -0.05) is 0 Å². The van der Waals surface area contributed by atoms with Crippen molar-refractivity contribution in [1.82, 2.24) is 0 Å². The summed E-state index contributed by atoms with van der Waals surface area (Å²) in [7, 11) is 0. The van der Waals surface area contributed by atoms with E-state index in [0.29, 0.717) is 13.0 Å². The maximum Gasteiger partial charge on any atom is 0.419 e. The molecule has 2 unspecified atom stereocenters. The molecule has 0 amide bonds. The zero-order valence-corrected chi connectivity index (χ0v) is 6.69. The third kappa shape index (κ3) is 1.56. The van der Waals surface area contributed by atoms with E-state index < -0.39 is 17.9 Å². The maximum absolute atomic E-state index is 12.2. The van der Waals surface area contributed by atoms with Gasteiger partial charge in [-0.15, -0.1) is 0 Å². The summed E-state index contributed by atoms with van der Waals surface area (Å²) in [4.78, 5) is 0. The molecular weight excluding hydrogens is 173 g/mol. The average Bonchev–Trinajstić information content (AvgIpc) is 2.34. The molecule has 5 heteroatoms. The Morgan fingerprint density at radius 2 is 2.00 bits per heavy atom. The molecule has 1 rings (SSSR count). The van der Waals surface area contributed by atoms with E-state index in [9.17, 15) is 13.2 Å². The Morgan fingerprint density at radius 3 is 2.33 bits per heavy atom. The average molecular weight is 184 g/mol. The SMILES string of the molecule is CC(O)(C1CCCO1)C(F)(F)F. The van der Waals surface area contributed by atoms with E-state index in [0.717, 1.165) is 6.92 Å². The van der Waals surface area contributed by atoms with Crippen molar-refractivity contribution in [2.75, 3.05) is 6.61 Å². The molecule has 72 valence electrons. The van der Waals surface area contributed by atoms with Crippen LogP contribution in [0.25, 0.3) is 0 Å². The van der Waals surface area contributed by atoms with E-state index in [1.165, 1.54) is 0 Å². The van der Waals surface area contributed by atoms with E-state index in [1.807, 2.05) is 0 Å². The lowest BCUT2D eigenvalue weighted by molar-refractivity contribution is -0.283. The van der Waals surface area contributed by atoms with E-state index >= 15 is 0 Å². The highest BCUT2D eigenvalue weighted by atomic mass is 19.4. The number of rotatable bonds is 1. The van der Waals surface area contributed by atoms with Gasteiger partial charge in [-0.05, 0) is 19.8 Å². The van der Waals surface area contributed by atoms with Crippen molar-refractivity contribution in [2.24, 2.45) is 0 Å². The first kappa shape index (κ1) is 9.80. The summed E-state index contributed by atoms with van der Waals surface area (Å²) in [6.45, 7) is 1.06. The van der Waals surface area contributed by atoms with Gasteiger partial charge in [0.1, 0.15) is 0 Å². The van der Waals surface area contributed by atoms with E-state index in [4.69, 9.17) is 9.84 Å². The van der Waals surface area contributed by atoms with Gasteiger partial charge in [0.05, 0.1) is 6.10 Å². The van der Waals surface area contributed by atoms with Gasteiger partial charge in [-0.3, -0.25) is 0 Å². The fourth-order valence-corrected chi connectivity index (χ4v) is 1.20. The second kappa shape index (κ2) is 2.88. The molecule has 1 fully saturated rings. The summed E-state index contributed by atoms with van der Waals surface area (Å²) in [5.41, 5.74) is -2.70. The van der Waals surface area contributed by atoms with E-state index in [-0.39, 0.29) is 6.42 Å². The highest BCUT2D eigenvalue weighted by Gasteiger charge is 2.56. The van der Waals surface area contributed by atoms with Crippen LogP contribution in [0.2, 0.25) is 0 Å². The minimum Gasteiger partial charge on any atom is -0.379 e. The number of hydrogen-bond acceptors (Lipinski definition) is 2. The first-order chi connectivity index (χ1) is 5.36. The van der Waals surface area contributed by atoms with Gasteiger partial charge in [0.15, 0.2) is 5.60 Å². The van der Waals surface area contributed by atoms with Gasteiger partial charge < -0.3 is 9.84 Å². The van der Waals surface area contributed by atoms with Crippen LogP contribution in [0.4, 0.5) is 13.2 Å². The third-order valence-corrected chi connectivity index (χ3v) is 2.13. The van der Waals surface area contributed by atoms with Crippen molar-refractivity contribution in [3.05, 3.63) is 0 Å². The molecule has 0 aromatic rings. The van der Waals surface area contributed by atoms with Crippen molar-refractivity contribution in [3.63, 3.8) is 0 Å². The topological polar surface area (TPSA) is 29.5 Å². The molecule has 1 heterocycles. The van der Waals surface area contributed by atoms with Crippen LogP contribution in [0, 0.1) is 0 Å². The predicted molar refractivity (Wildman–Crippen MR) is 35.7 cm³/mol. The number of alkyl halides is 3. The van der Waals surface area contributed by atoms with Crippen molar-refractivity contribution in [3.8, 4) is 0 Å². The second-order valence-electron chi connectivity index (χ2n) is 3.15. The molecule has 2 nitrogen and oxygen atoms in total. The summed E-state index contributed by atoms with van der Waals surface area (Å²) in [5.74, 6) is 0. The lowest BCUT2D eigenvalue weighted by Crippen LogP contribution is -2.51. The van der Waals surface area contributed by atoms with Gasteiger partial charge in [0.25, 0.3) is 0 Å². The number of hydrogen-bond donors (Lipinski definition) is 1. The first-order valence-electron chi connectivity index (χ1n) is 3.76. The van der Waals surface area contributed by atoms with Gasteiger partial charge in [0.2, 0.25) is 0 Å². The Balaban J connectivity index is 2.69. The Morgan fingerprint density at radius 1 is 1.42 bits per heavy atom. The van der Waals surface area contributed by atoms with Crippen molar-refractivity contribution < 1.29 is 23.0 Å². The minimum atomic E-state index is -4.61. The summed E-state index contributed by atoms with van der Waals surface area (Å²) in [6.07, 6.45) is -4.86. The minimum absolute atomic E-state index is 0.270. The molecule has 12 heavy (non-hydrogen) atoms. The Labute approximate surface area is 68.3 Å². The molecule has 1 aliphatic heterocycles. The second-order valence-corrected chi connectivity index (χ2v) is 3.15. The van der Waals surface area contributed by atoms with Crippen molar-refractivity contribution in [1.29, 1.82) is 0 Å². The molecule has 1 N–H and O–H groups in total. The number of halogens is 3. The zero-order chi connectivity index (χ0) is 9.41. The van der Waals surface area contributed by atoms with Gasteiger partial charge in [-0.2, -0.15) is 13.2 Å².